The second-order valence-electron chi connectivity index (χ2n) is 6.03. The van der Waals surface area contributed by atoms with Crippen molar-refractivity contribution in [2.75, 3.05) is 5.32 Å². The first-order valence-corrected chi connectivity index (χ1v) is 8.17. The summed E-state index contributed by atoms with van der Waals surface area (Å²) in [7, 11) is 0. The molecule has 7 heteroatoms. The molecule has 0 spiro atoms. The zero-order valence-corrected chi connectivity index (χ0v) is 14.0. The van der Waals surface area contributed by atoms with Crippen LogP contribution in [0, 0.1) is 0 Å². The van der Waals surface area contributed by atoms with Crippen molar-refractivity contribution in [1.29, 1.82) is 0 Å². The Morgan fingerprint density at radius 1 is 1.08 bits per heavy atom. The van der Waals surface area contributed by atoms with Gasteiger partial charge < -0.3 is 10.1 Å². The van der Waals surface area contributed by atoms with E-state index in [4.69, 9.17) is 4.74 Å². The first kappa shape index (κ1) is 15.3. The molecule has 126 valence electrons. The van der Waals surface area contributed by atoms with Crippen molar-refractivity contribution in [3.05, 3.63) is 54.1 Å². The Kier molecular flexibility index (Phi) is 3.89. The summed E-state index contributed by atoms with van der Waals surface area (Å²) >= 11 is 0. The number of rotatable bonds is 5. The molecule has 7 nitrogen and oxygen atoms in total. The van der Waals surface area contributed by atoms with Crippen LogP contribution in [0.2, 0.25) is 0 Å². The third kappa shape index (κ3) is 3.08. The van der Waals surface area contributed by atoms with Gasteiger partial charge in [-0.25, -0.2) is 0 Å². The van der Waals surface area contributed by atoms with Crippen LogP contribution in [0.5, 0.6) is 5.75 Å². The average Bonchev–Trinajstić information content (AvgIpc) is 3.08. The standard InChI is InChI=1S/C18H18N6O/c1-12(2)25-16-8-7-13-5-3-4-6-14(13)15(16)11-19-17-9-10-18-20-22-23-24(18)21-17/h3-10,12H,11H2,1-2H3,(H,19,21). The molecule has 25 heavy (non-hydrogen) atoms. The lowest BCUT2D eigenvalue weighted by atomic mass is 10.0. The summed E-state index contributed by atoms with van der Waals surface area (Å²) in [5.41, 5.74) is 1.71. The van der Waals surface area contributed by atoms with Gasteiger partial charge in [0.25, 0.3) is 0 Å². The fourth-order valence-electron chi connectivity index (χ4n) is 2.79. The molecule has 2 aromatic heterocycles. The van der Waals surface area contributed by atoms with E-state index in [2.05, 4.69) is 44.1 Å². The molecular formula is C18H18N6O. The number of nitrogens with one attached hydrogen (secondary N) is 1. The van der Waals surface area contributed by atoms with E-state index >= 15 is 0 Å². The van der Waals surface area contributed by atoms with Crippen LogP contribution in [0.3, 0.4) is 0 Å². The van der Waals surface area contributed by atoms with E-state index < -0.39 is 0 Å². The maximum atomic E-state index is 6.00. The predicted molar refractivity (Wildman–Crippen MR) is 95.6 cm³/mol. The van der Waals surface area contributed by atoms with Gasteiger partial charge in [-0.2, -0.15) is 0 Å². The number of hydrogen-bond acceptors (Lipinski definition) is 6. The number of aromatic nitrogens is 5. The van der Waals surface area contributed by atoms with Gasteiger partial charge in [0.05, 0.1) is 6.10 Å². The highest BCUT2D eigenvalue weighted by atomic mass is 16.5. The van der Waals surface area contributed by atoms with Crippen LogP contribution in [-0.2, 0) is 6.54 Å². The molecule has 0 bridgehead atoms. The summed E-state index contributed by atoms with van der Waals surface area (Å²) < 4.78 is 7.40. The minimum Gasteiger partial charge on any atom is -0.491 e. The van der Waals surface area contributed by atoms with Crippen LogP contribution in [0.1, 0.15) is 19.4 Å². The van der Waals surface area contributed by atoms with E-state index in [1.54, 1.807) is 0 Å². The molecule has 0 fully saturated rings. The van der Waals surface area contributed by atoms with Crippen molar-refractivity contribution in [2.24, 2.45) is 0 Å². The van der Waals surface area contributed by atoms with Gasteiger partial charge >= 0.3 is 0 Å². The van der Waals surface area contributed by atoms with Crippen molar-refractivity contribution in [3.63, 3.8) is 0 Å². The highest BCUT2D eigenvalue weighted by Gasteiger charge is 2.11. The van der Waals surface area contributed by atoms with Crippen LogP contribution in [-0.4, -0.2) is 31.4 Å². The molecule has 0 amide bonds. The third-order valence-electron chi connectivity index (χ3n) is 3.88. The number of hydrogen-bond donors (Lipinski definition) is 1. The van der Waals surface area contributed by atoms with Gasteiger partial charge in [-0.15, -0.1) is 14.8 Å². The first-order chi connectivity index (χ1) is 12.2. The molecule has 4 rings (SSSR count). The van der Waals surface area contributed by atoms with E-state index in [1.807, 2.05) is 44.2 Å². The van der Waals surface area contributed by atoms with Gasteiger partial charge in [0.15, 0.2) is 5.65 Å². The molecule has 2 heterocycles. The highest BCUT2D eigenvalue weighted by molar-refractivity contribution is 5.88. The van der Waals surface area contributed by atoms with Crippen LogP contribution in [0.25, 0.3) is 16.4 Å². The Balaban J connectivity index is 1.68. The quantitative estimate of drug-likeness (QED) is 0.604. The van der Waals surface area contributed by atoms with Gasteiger partial charge in [0, 0.05) is 12.1 Å². The zero-order chi connectivity index (χ0) is 17.2. The number of anilines is 1. The smallest absolute Gasteiger partial charge is 0.200 e. The largest absolute Gasteiger partial charge is 0.491 e. The zero-order valence-electron chi connectivity index (χ0n) is 14.0. The number of tetrazole rings is 1. The monoisotopic (exact) mass is 334 g/mol. The lowest BCUT2D eigenvalue weighted by Gasteiger charge is -2.17. The summed E-state index contributed by atoms with van der Waals surface area (Å²) in [5, 5.41) is 21.3. The summed E-state index contributed by atoms with van der Waals surface area (Å²) in [5.74, 6) is 1.58. The summed E-state index contributed by atoms with van der Waals surface area (Å²) in [6, 6.07) is 16.1. The van der Waals surface area contributed by atoms with Gasteiger partial charge in [-0.05, 0) is 53.2 Å². The molecule has 0 radical (unpaired) electrons. The third-order valence-corrected chi connectivity index (χ3v) is 3.88. The van der Waals surface area contributed by atoms with Crippen LogP contribution < -0.4 is 10.1 Å². The number of ether oxygens (including phenoxy) is 1. The van der Waals surface area contributed by atoms with E-state index in [0.29, 0.717) is 18.0 Å². The van der Waals surface area contributed by atoms with Gasteiger partial charge in [0.2, 0.25) is 0 Å². The van der Waals surface area contributed by atoms with Crippen molar-refractivity contribution in [2.45, 2.75) is 26.5 Å². The van der Waals surface area contributed by atoms with Crippen LogP contribution in [0.4, 0.5) is 5.82 Å². The molecule has 0 unspecified atom stereocenters. The normalized spacial score (nSPS) is 11.3. The predicted octanol–water partition coefficient (Wildman–Crippen LogP) is 3.07. The summed E-state index contributed by atoms with van der Waals surface area (Å²) in [6.07, 6.45) is 0.107. The first-order valence-electron chi connectivity index (χ1n) is 8.17. The van der Waals surface area contributed by atoms with E-state index in [9.17, 15) is 0 Å². The lowest BCUT2D eigenvalue weighted by Crippen LogP contribution is -2.10. The maximum absolute atomic E-state index is 6.00. The van der Waals surface area contributed by atoms with Crippen LogP contribution >= 0.6 is 0 Å². The maximum Gasteiger partial charge on any atom is 0.200 e. The molecule has 0 aliphatic rings. The second-order valence-corrected chi connectivity index (χ2v) is 6.03. The Labute approximate surface area is 144 Å². The molecule has 4 aromatic rings. The molecule has 0 saturated carbocycles. The molecule has 0 aliphatic carbocycles. The Morgan fingerprint density at radius 3 is 2.84 bits per heavy atom. The topological polar surface area (TPSA) is 77.2 Å². The minimum absolute atomic E-state index is 0.107. The molecule has 2 aromatic carbocycles. The number of benzene rings is 2. The van der Waals surface area contributed by atoms with E-state index in [1.165, 1.54) is 10.0 Å². The Hall–Kier alpha value is -3.22. The minimum atomic E-state index is 0.107. The van der Waals surface area contributed by atoms with Crippen LogP contribution in [0.15, 0.2) is 48.5 Å². The summed E-state index contributed by atoms with van der Waals surface area (Å²) in [6.45, 7) is 4.64. The van der Waals surface area contributed by atoms with Gasteiger partial charge in [-0.3, -0.25) is 0 Å². The SMILES string of the molecule is CC(C)Oc1ccc2ccccc2c1CNc1ccc2nnnn2n1. The van der Waals surface area contributed by atoms with Gasteiger partial charge in [0.1, 0.15) is 11.6 Å². The second kappa shape index (κ2) is 6.35. The van der Waals surface area contributed by atoms with Crippen molar-refractivity contribution in [3.8, 4) is 5.75 Å². The Bertz CT molecular complexity index is 1030. The van der Waals surface area contributed by atoms with Crippen molar-refractivity contribution in [1.82, 2.24) is 25.3 Å². The molecular weight excluding hydrogens is 316 g/mol. The van der Waals surface area contributed by atoms with Crippen molar-refractivity contribution >= 4 is 22.2 Å². The average molecular weight is 334 g/mol. The fraction of sp³-hybridized carbons (Fsp3) is 0.222. The van der Waals surface area contributed by atoms with E-state index in [0.717, 1.165) is 16.7 Å². The molecule has 1 N–H and O–H groups in total. The Morgan fingerprint density at radius 2 is 1.96 bits per heavy atom. The van der Waals surface area contributed by atoms with E-state index in [-0.39, 0.29) is 6.10 Å². The fourth-order valence-corrected chi connectivity index (χ4v) is 2.79. The van der Waals surface area contributed by atoms with Gasteiger partial charge in [-0.1, -0.05) is 30.3 Å². The lowest BCUT2D eigenvalue weighted by molar-refractivity contribution is 0.240. The molecule has 0 aliphatic heterocycles. The number of nitrogens with zero attached hydrogens (tertiary/aromatic N) is 5. The summed E-state index contributed by atoms with van der Waals surface area (Å²) in [4.78, 5) is 0. The van der Waals surface area contributed by atoms with Crippen molar-refractivity contribution < 1.29 is 4.74 Å². The molecule has 0 saturated heterocycles. The molecule has 0 atom stereocenters. The highest BCUT2D eigenvalue weighted by Crippen LogP contribution is 2.29. The number of fused-ring (bicyclic) bond motifs is 2.